The minimum Gasteiger partial charge on any atom is -0.466 e. The minimum absolute atomic E-state index is 0. The molecule has 0 aromatic carbocycles. The van der Waals surface area contributed by atoms with Crippen molar-refractivity contribution >= 4 is 120 Å². The number of fused-ring (bicyclic) bond motifs is 5. The Morgan fingerprint density at radius 1 is 0.512 bits per heavy atom. The third-order valence-electron chi connectivity index (χ3n) is 11.1. The molecule has 0 saturated carbocycles. The molecular weight excluding hydrogens is 1240 g/mol. The molecule has 10 aromatic heterocycles. The molecule has 28 heteroatoms. The second-order valence-corrected chi connectivity index (χ2v) is 24.3. The number of ether oxygens (including phenoxy) is 3. The van der Waals surface area contributed by atoms with Gasteiger partial charge >= 0.3 is 23.1 Å². The second kappa shape index (κ2) is 41.0. The number of carbonyl (C=O) groups is 5. The zero-order valence-corrected chi connectivity index (χ0v) is 49.8. The van der Waals surface area contributed by atoms with Crippen LogP contribution in [0.15, 0.2) is 135 Å². The van der Waals surface area contributed by atoms with Crippen LogP contribution in [0.2, 0.25) is 0 Å². The first-order chi connectivity index (χ1) is 39.9. The maximum absolute atomic E-state index is 11.7. The summed E-state index contributed by atoms with van der Waals surface area (Å²) >= 11 is 23.4. The second-order valence-electron chi connectivity index (χ2n) is 16.9. The Balaban J connectivity index is 0.000000518. The lowest BCUT2D eigenvalue weighted by molar-refractivity contribution is -0.141. The maximum atomic E-state index is 11.7. The fourth-order valence-corrected chi connectivity index (χ4v) is 7.38. The standard InChI is InChI=1S/C12H12N2O3.C12H14N2O3.C11H12N2O2.C10H10N2O2.C9H10N2O.CH2Cl2.3CH4.Cl3OP/c1-9(16)17-5-3-10-2-4-14-12(6-10)11(8-15)7-13-14;1-2-17-12(16)10-8-13-14-5-3-9(4-6-15)7-11(10)14;1-9(14)15-7-4-10-3-6-13-11(8-10)2-5-12-13;13-4-2-8-1-3-12-10(5-8)9(7-14)6-11-12;12-6-3-8-2-5-11-9(7-8)1-4-10-11;2-1-3;;;;1-5(2,3)4/h2,4,6-8H,3,5H2,1H3;3,5,7-8,15H,2,4,6H2,1H3;2-3,5-6,8H,4,7H2,1H3;1,3,5-7,13H,2,4H2;1-2,4-5,7,12H,3,6H2;1H2;3*1H4;. The van der Waals surface area contributed by atoms with E-state index in [1.54, 1.807) is 60.5 Å². The van der Waals surface area contributed by atoms with E-state index in [1.165, 1.54) is 32.4 Å². The molecule has 0 fully saturated rings. The zero-order valence-electron chi connectivity index (χ0n) is 45.2. The van der Waals surface area contributed by atoms with Crippen LogP contribution in [0.5, 0.6) is 0 Å². The Morgan fingerprint density at radius 3 is 1.20 bits per heavy atom. The Hall–Kier alpha value is -7.24. The number of nitrogens with zero attached hydrogens (tertiary/aromatic N) is 10. The van der Waals surface area contributed by atoms with Gasteiger partial charge in [-0.15, -0.1) is 23.2 Å². The van der Waals surface area contributed by atoms with Crippen molar-refractivity contribution in [3.8, 4) is 0 Å². The van der Waals surface area contributed by atoms with Gasteiger partial charge in [-0.25, -0.2) is 27.4 Å². The normalized spacial score (nSPS) is 10.1. The summed E-state index contributed by atoms with van der Waals surface area (Å²) in [6.45, 7) is 6.07. The fraction of sp³-hybridized carbons (Fsp3) is 0.310. The Bertz CT molecular complexity index is 3690. The summed E-state index contributed by atoms with van der Waals surface area (Å²) in [4.78, 5) is 54.3. The van der Waals surface area contributed by atoms with Gasteiger partial charge in [-0.2, -0.15) is 25.5 Å². The molecule has 10 rings (SSSR count). The number of rotatable bonds is 16. The summed E-state index contributed by atoms with van der Waals surface area (Å²) in [5, 5.41) is 43.7. The van der Waals surface area contributed by atoms with Crippen molar-refractivity contribution in [2.45, 2.75) is 75.2 Å². The average Bonchev–Trinajstić information content (AvgIpc) is 2.69. The van der Waals surface area contributed by atoms with E-state index in [2.05, 4.69) is 59.2 Å². The lowest BCUT2D eigenvalue weighted by Gasteiger charge is -2.03. The molecule has 0 aliphatic heterocycles. The van der Waals surface area contributed by atoms with Gasteiger partial charge in [0.2, 0.25) is 0 Å². The zero-order chi connectivity index (χ0) is 60.7. The lowest BCUT2D eigenvalue weighted by atomic mass is 10.1. The summed E-state index contributed by atoms with van der Waals surface area (Å²) in [6, 6.07) is 23.1. The molecule has 0 aliphatic rings. The lowest BCUT2D eigenvalue weighted by Crippen LogP contribution is -2.04. The Morgan fingerprint density at radius 2 is 0.837 bits per heavy atom. The molecule has 0 radical (unpaired) electrons. The van der Waals surface area contributed by atoms with Crippen LogP contribution >= 0.6 is 62.1 Å². The summed E-state index contributed by atoms with van der Waals surface area (Å²) in [6.07, 6.45) is 22.0. The molecule has 86 heavy (non-hydrogen) atoms. The summed E-state index contributed by atoms with van der Waals surface area (Å²) in [5.41, 5.74) is 11.2. The highest BCUT2D eigenvalue weighted by Crippen LogP contribution is 2.61. The van der Waals surface area contributed by atoms with Crippen LogP contribution in [-0.2, 0) is 60.5 Å². The number of hydrogen-bond acceptors (Lipinski definition) is 17. The van der Waals surface area contributed by atoms with Crippen LogP contribution in [-0.4, -0.2) is 139 Å². The van der Waals surface area contributed by atoms with Gasteiger partial charge in [0.1, 0.15) is 5.56 Å². The van der Waals surface area contributed by atoms with Gasteiger partial charge in [0.25, 0.3) is 0 Å². The van der Waals surface area contributed by atoms with Crippen LogP contribution in [0.25, 0.3) is 27.6 Å². The number of halogens is 5. The van der Waals surface area contributed by atoms with E-state index in [-0.39, 0.29) is 65.3 Å². The highest BCUT2D eigenvalue weighted by Gasteiger charge is 2.14. The number of pyridine rings is 5. The molecule has 0 amide bonds. The van der Waals surface area contributed by atoms with E-state index in [9.17, 15) is 28.5 Å². The first-order valence-electron chi connectivity index (χ1n) is 25.1. The molecule has 22 nitrogen and oxygen atoms in total. The highest BCUT2D eigenvalue weighted by atomic mass is 36.0. The van der Waals surface area contributed by atoms with Crippen molar-refractivity contribution in [3.05, 3.63) is 179 Å². The van der Waals surface area contributed by atoms with Crippen LogP contribution in [0, 0.1) is 0 Å². The van der Waals surface area contributed by atoms with E-state index in [0.717, 1.165) is 68.9 Å². The molecule has 3 N–H and O–H groups in total. The quantitative estimate of drug-likeness (QED) is 0.0266. The summed E-state index contributed by atoms with van der Waals surface area (Å²) in [7, 11) is 0. The molecule has 0 atom stereocenters. The van der Waals surface area contributed by atoms with Crippen LogP contribution < -0.4 is 0 Å². The number of esters is 3. The topological polar surface area (TPSA) is 277 Å². The van der Waals surface area contributed by atoms with Gasteiger partial charge in [-0.1, -0.05) is 22.3 Å². The van der Waals surface area contributed by atoms with E-state index < -0.39 is 5.20 Å². The average molecular weight is 1310 g/mol. The van der Waals surface area contributed by atoms with Crippen molar-refractivity contribution in [3.63, 3.8) is 0 Å². The van der Waals surface area contributed by atoms with Crippen LogP contribution in [0.4, 0.5) is 0 Å². The molecular formula is C58H72Cl5N10O12P. The molecule has 0 unspecified atom stereocenters. The number of alkyl halides is 2. The summed E-state index contributed by atoms with van der Waals surface area (Å²) < 4.78 is 32.7. The first kappa shape index (κ1) is 76.8. The summed E-state index contributed by atoms with van der Waals surface area (Å²) in [5.74, 6) is -0.895. The molecule has 10 aromatic rings. The molecule has 10 heterocycles. The van der Waals surface area contributed by atoms with E-state index in [4.69, 9.17) is 52.7 Å². The van der Waals surface area contributed by atoms with Gasteiger partial charge in [0.15, 0.2) is 12.6 Å². The molecule has 0 spiro atoms. The minimum atomic E-state index is -3.22. The SMILES string of the molecule is C.C.C.CC(=O)OCCc1ccn2ncc(C=O)c2c1.CC(=O)OCCc1ccn2nccc2c1.CCOC(=O)c1cnn2ccc(CCO)cc12.ClCCl.O=Cc1cnn2ccc(CCO)cc12.O=P(Cl)(Cl)Cl.OCCc1ccn2nccc2c1. The van der Waals surface area contributed by atoms with E-state index >= 15 is 0 Å². The first-order valence-corrected chi connectivity index (χ1v) is 30.6. The third kappa shape index (κ3) is 26.6. The number of hydrogen-bond donors (Lipinski definition) is 3. The predicted octanol–water partition coefficient (Wildman–Crippen LogP) is 11.4. The van der Waals surface area contributed by atoms with E-state index in [0.29, 0.717) is 67.7 Å². The number of carbonyl (C=O) groups excluding carboxylic acids is 5. The van der Waals surface area contributed by atoms with Crippen LogP contribution in [0.3, 0.4) is 0 Å². The predicted molar refractivity (Wildman–Crippen MR) is 338 cm³/mol. The number of aliphatic hydroxyl groups is 3. The monoisotopic (exact) mass is 1310 g/mol. The van der Waals surface area contributed by atoms with Crippen molar-refractivity contribution in [2.75, 3.05) is 45.0 Å². The van der Waals surface area contributed by atoms with Crippen molar-refractivity contribution in [2.24, 2.45) is 0 Å². The largest absolute Gasteiger partial charge is 0.466 e. The van der Waals surface area contributed by atoms with Gasteiger partial charge in [0, 0.05) is 89.9 Å². The molecule has 466 valence electrons. The number of aliphatic hydroxyl groups excluding tert-OH is 3. The smallest absolute Gasteiger partial charge is 0.341 e. The van der Waals surface area contributed by atoms with Crippen molar-refractivity contribution < 1.29 is 58.1 Å². The van der Waals surface area contributed by atoms with Crippen LogP contribution in [0.1, 0.15) is 102 Å². The fourth-order valence-electron chi connectivity index (χ4n) is 7.38. The van der Waals surface area contributed by atoms with Crippen molar-refractivity contribution in [1.82, 2.24) is 48.1 Å². The van der Waals surface area contributed by atoms with Gasteiger partial charge in [0.05, 0.1) is 82.5 Å². The third-order valence-corrected chi connectivity index (χ3v) is 11.1. The molecule has 0 saturated heterocycles. The van der Waals surface area contributed by atoms with Gasteiger partial charge < -0.3 is 29.5 Å². The van der Waals surface area contributed by atoms with E-state index in [1.807, 2.05) is 85.2 Å². The molecule has 0 bridgehead atoms. The Labute approximate surface area is 522 Å². The Kier molecular flexibility index (Phi) is 36.6. The van der Waals surface area contributed by atoms with Crippen molar-refractivity contribution in [1.29, 1.82) is 0 Å². The highest BCUT2D eigenvalue weighted by molar-refractivity contribution is 8.24. The number of aromatic nitrogens is 10. The number of aldehydes is 2. The van der Waals surface area contributed by atoms with Gasteiger partial charge in [-0.3, -0.25) is 23.7 Å². The van der Waals surface area contributed by atoms with Gasteiger partial charge in [-0.05, 0) is 161 Å². The maximum Gasteiger partial charge on any atom is 0.341 e. The molecule has 0 aliphatic carbocycles.